The summed E-state index contributed by atoms with van der Waals surface area (Å²) in [6, 6.07) is 8.26. The van der Waals surface area contributed by atoms with Crippen LogP contribution in [0.1, 0.15) is 89.1 Å². The standard InChI is InChI=1S/C32H39N7O6S/c1-20(2)15-23-32-37-25(19-46-32)29(43)33-11-14-39(28(42)10-13-38-12-6-9-27(38)41)17-26(40)34-22(16-21-7-4-3-5-8-21)31-36-24(18-45-31)30(44)35-23/h3-5,7-8,18-20,22-23H,6,9-17H2,1-2H3,(H,33,43)(H,34,40)(H,35,44)/t22-,23-/m0/s1. The van der Waals surface area contributed by atoms with Crippen LogP contribution in [0.15, 0.2) is 46.4 Å². The first-order chi connectivity index (χ1) is 22.2. The molecule has 0 spiro atoms. The van der Waals surface area contributed by atoms with E-state index in [2.05, 4.69) is 25.9 Å². The van der Waals surface area contributed by atoms with Gasteiger partial charge in [0.1, 0.15) is 23.0 Å². The first kappa shape index (κ1) is 32.8. The number of nitrogens with one attached hydrogen (secondary N) is 3. The van der Waals surface area contributed by atoms with E-state index >= 15 is 0 Å². The number of thiazole rings is 1. The van der Waals surface area contributed by atoms with Crippen LogP contribution in [0.4, 0.5) is 0 Å². The number of fused-ring (bicyclic) bond motifs is 4. The van der Waals surface area contributed by atoms with Crippen molar-refractivity contribution >= 4 is 40.9 Å². The third-order valence-corrected chi connectivity index (χ3v) is 8.82. The number of hydrogen-bond donors (Lipinski definition) is 3. The molecular formula is C32H39N7O6S. The van der Waals surface area contributed by atoms with Gasteiger partial charge in [0, 0.05) is 50.8 Å². The van der Waals surface area contributed by atoms with Crippen molar-refractivity contribution < 1.29 is 28.4 Å². The van der Waals surface area contributed by atoms with Crippen molar-refractivity contribution in [3.8, 4) is 0 Å². The van der Waals surface area contributed by atoms with Gasteiger partial charge in [-0.15, -0.1) is 11.3 Å². The third kappa shape index (κ3) is 8.56. The van der Waals surface area contributed by atoms with Crippen molar-refractivity contribution in [1.82, 2.24) is 35.7 Å². The predicted molar refractivity (Wildman–Crippen MR) is 169 cm³/mol. The molecule has 0 aliphatic carbocycles. The Bertz CT molecular complexity index is 1550. The van der Waals surface area contributed by atoms with Crippen molar-refractivity contribution in [1.29, 1.82) is 0 Å². The predicted octanol–water partition coefficient (Wildman–Crippen LogP) is 2.63. The maximum Gasteiger partial charge on any atom is 0.273 e. The summed E-state index contributed by atoms with van der Waals surface area (Å²) in [5.74, 6) is -1.31. The quantitative estimate of drug-likeness (QED) is 0.351. The lowest BCUT2D eigenvalue weighted by molar-refractivity contribution is -0.137. The first-order valence-corrected chi connectivity index (χ1v) is 16.4. The van der Waals surface area contributed by atoms with E-state index in [0.717, 1.165) is 12.0 Å². The highest BCUT2D eigenvalue weighted by molar-refractivity contribution is 7.09. The van der Waals surface area contributed by atoms with Gasteiger partial charge < -0.3 is 30.2 Å². The highest BCUT2D eigenvalue weighted by atomic mass is 32.1. The van der Waals surface area contributed by atoms with E-state index < -0.39 is 29.8 Å². The lowest BCUT2D eigenvalue weighted by atomic mass is 10.0. The fourth-order valence-corrected chi connectivity index (χ4v) is 6.37. The van der Waals surface area contributed by atoms with Crippen molar-refractivity contribution in [3.05, 3.63) is 69.8 Å². The summed E-state index contributed by atoms with van der Waals surface area (Å²) in [6.45, 7) is 4.78. The molecule has 3 N–H and O–H groups in total. The number of nitrogens with zero attached hydrogens (tertiary/aromatic N) is 4. The number of hydrogen-bond acceptors (Lipinski definition) is 9. The Hall–Kier alpha value is -4.59. The third-order valence-electron chi connectivity index (χ3n) is 7.86. The van der Waals surface area contributed by atoms with Gasteiger partial charge in [-0.25, -0.2) is 9.97 Å². The monoisotopic (exact) mass is 649 g/mol. The second-order valence-electron chi connectivity index (χ2n) is 11.9. The van der Waals surface area contributed by atoms with E-state index in [-0.39, 0.29) is 67.6 Å². The molecule has 4 bridgehead atoms. The maximum absolute atomic E-state index is 13.5. The minimum atomic E-state index is -0.734. The number of carbonyl (C=O) groups excluding carboxylic acids is 5. The van der Waals surface area contributed by atoms with Crippen LogP contribution in [0.2, 0.25) is 0 Å². The Labute approximate surface area is 271 Å². The molecule has 2 aromatic heterocycles. The number of oxazole rings is 1. The molecule has 13 nitrogen and oxygen atoms in total. The number of amides is 5. The Balaban J connectivity index is 1.42. The zero-order valence-corrected chi connectivity index (χ0v) is 26.8. The second-order valence-corrected chi connectivity index (χ2v) is 12.8. The van der Waals surface area contributed by atoms with Crippen LogP contribution < -0.4 is 16.0 Å². The molecule has 46 heavy (non-hydrogen) atoms. The largest absolute Gasteiger partial charge is 0.446 e. The highest BCUT2D eigenvalue weighted by Crippen LogP contribution is 2.26. The smallest absolute Gasteiger partial charge is 0.273 e. The number of carbonyl (C=O) groups is 5. The van der Waals surface area contributed by atoms with Crippen LogP contribution >= 0.6 is 11.3 Å². The molecule has 2 aliphatic rings. The molecule has 0 radical (unpaired) electrons. The highest BCUT2D eigenvalue weighted by Gasteiger charge is 2.28. The average Bonchev–Trinajstić information content (AvgIpc) is 3.80. The van der Waals surface area contributed by atoms with Crippen LogP contribution in [-0.4, -0.2) is 82.0 Å². The minimum absolute atomic E-state index is 0.0125. The van der Waals surface area contributed by atoms with E-state index in [1.807, 2.05) is 44.2 Å². The number of rotatable bonds is 7. The molecule has 14 heteroatoms. The van der Waals surface area contributed by atoms with Crippen LogP contribution in [0.5, 0.6) is 0 Å². The van der Waals surface area contributed by atoms with Crippen molar-refractivity contribution in [2.24, 2.45) is 5.92 Å². The van der Waals surface area contributed by atoms with Gasteiger partial charge in [0.25, 0.3) is 11.8 Å². The molecule has 2 atom stereocenters. The minimum Gasteiger partial charge on any atom is -0.446 e. The molecule has 5 amide bonds. The van der Waals surface area contributed by atoms with Gasteiger partial charge in [0.05, 0.1) is 12.6 Å². The van der Waals surface area contributed by atoms with E-state index in [4.69, 9.17) is 4.42 Å². The van der Waals surface area contributed by atoms with Gasteiger partial charge in [-0.1, -0.05) is 44.2 Å². The number of likely N-dealkylation sites (tertiary alicyclic amines) is 1. The van der Waals surface area contributed by atoms with Gasteiger partial charge in [-0.05, 0) is 24.3 Å². The van der Waals surface area contributed by atoms with Gasteiger partial charge in [-0.2, -0.15) is 0 Å². The van der Waals surface area contributed by atoms with Gasteiger partial charge in [0.2, 0.25) is 23.6 Å². The topological polar surface area (TPSA) is 167 Å². The molecule has 244 valence electrons. The molecule has 1 aromatic carbocycles. The zero-order chi connectivity index (χ0) is 32.6. The fraction of sp³-hybridized carbons (Fsp3) is 0.469. The lowest BCUT2D eigenvalue weighted by Gasteiger charge is -2.25. The Morgan fingerprint density at radius 2 is 1.83 bits per heavy atom. The molecule has 0 saturated carbocycles. The number of aromatic nitrogens is 2. The van der Waals surface area contributed by atoms with Gasteiger partial charge >= 0.3 is 0 Å². The Morgan fingerprint density at radius 3 is 2.57 bits per heavy atom. The van der Waals surface area contributed by atoms with E-state index in [0.29, 0.717) is 30.8 Å². The first-order valence-electron chi connectivity index (χ1n) is 15.5. The molecule has 1 fully saturated rings. The van der Waals surface area contributed by atoms with E-state index in [9.17, 15) is 24.0 Å². The Morgan fingerprint density at radius 1 is 1.02 bits per heavy atom. The molecule has 3 aromatic rings. The summed E-state index contributed by atoms with van der Waals surface area (Å²) in [6.07, 6.45) is 3.44. The molecule has 0 unspecified atom stereocenters. The van der Waals surface area contributed by atoms with Crippen molar-refractivity contribution in [2.75, 3.05) is 32.7 Å². The maximum atomic E-state index is 13.5. The van der Waals surface area contributed by atoms with Crippen LogP contribution in [0.3, 0.4) is 0 Å². The summed E-state index contributed by atoms with van der Waals surface area (Å²) in [5, 5.41) is 10.9. The average molecular weight is 650 g/mol. The summed E-state index contributed by atoms with van der Waals surface area (Å²) >= 11 is 1.27. The molecule has 2 aliphatic heterocycles. The summed E-state index contributed by atoms with van der Waals surface area (Å²) in [5.41, 5.74) is 1.14. The SMILES string of the molecule is CC(C)C[C@@H]1NC(=O)c2coc(n2)[C@H](Cc2ccccc2)NC(=O)CN(C(=O)CCN2CCCC2=O)CCNC(=O)c2csc1n2. The fourth-order valence-electron chi connectivity index (χ4n) is 5.51. The molecule has 1 saturated heterocycles. The van der Waals surface area contributed by atoms with Crippen molar-refractivity contribution in [3.63, 3.8) is 0 Å². The Kier molecular flexibility index (Phi) is 10.8. The van der Waals surface area contributed by atoms with Crippen LogP contribution in [0.25, 0.3) is 0 Å². The second kappa shape index (κ2) is 15.1. The van der Waals surface area contributed by atoms with Gasteiger partial charge in [0.15, 0.2) is 5.69 Å². The number of benzene rings is 1. The van der Waals surface area contributed by atoms with E-state index in [1.54, 1.807) is 10.3 Å². The van der Waals surface area contributed by atoms with Crippen LogP contribution in [0, 0.1) is 5.92 Å². The molecule has 4 heterocycles. The summed E-state index contributed by atoms with van der Waals surface area (Å²) in [7, 11) is 0. The van der Waals surface area contributed by atoms with Gasteiger partial charge in [-0.3, -0.25) is 24.0 Å². The zero-order valence-electron chi connectivity index (χ0n) is 26.0. The van der Waals surface area contributed by atoms with Crippen molar-refractivity contribution in [2.45, 2.75) is 58.0 Å². The summed E-state index contributed by atoms with van der Waals surface area (Å²) < 4.78 is 5.75. The molecule has 5 rings (SSSR count). The molecular weight excluding hydrogens is 610 g/mol. The van der Waals surface area contributed by atoms with E-state index in [1.165, 1.54) is 22.5 Å². The van der Waals surface area contributed by atoms with Crippen LogP contribution in [-0.2, 0) is 20.8 Å². The lowest BCUT2D eigenvalue weighted by Crippen LogP contribution is -2.46. The normalized spacial score (nSPS) is 19.8. The summed E-state index contributed by atoms with van der Waals surface area (Å²) in [4.78, 5) is 77.2.